The molecule has 1 N–H and O–H groups in total. The molecule has 3 aromatic rings. The Morgan fingerprint density at radius 1 is 1.11 bits per heavy atom. The van der Waals surface area contributed by atoms with Crippen molar-refractivity contribution in [3.63, 3.8) is 0 Å². The summed E-state index contributed by atoms with van der Waals surface area (Å²) in [7, 11) is 0. The van der Waals surface area contributed by atoms with Crippen LogP contribution in [0.2, 0.25) is 0 Å². The van der Waals surface area contributed by atoms with E-state index in [2.05, 4.69) is 59.9 Å². The van der Waals surface area contributed by atoms with Gasteiger partial charge in [-0.05, 0) is 42.0 Å². The van der Waals surface area contributed by atoms with Crippen LogP contribution in [0.1, 0.15) is 11.1 Å². The van der Waals surface area contributed by atoms with E-state index in [-0.39, 0.29) is 0 Å². The molecule has 0 aliphatic carbocycles. The van der Waals surface area contributed by atoms with Crippen molar-refractivity contribution in [3.05, 3.63) is 65.9 Å². The van der Waals surface area contributed by atoms with E-state index in [1.165, 1.54) is 26.9 Å². The van der Waals surface area contributed by atoms with Crippen LogP contribution in [0.5, 0.6) is 0 Å². The van der Waals surface area contributed by atoms with Crippen LogP contribution in [0.25, 0.3) is 10.9 Å². The highest BCUT2D eigenvalue weighted by molar-refractivity contribution is 7.98. The summed E-state index contributed by atoms with van der Waals surface area (Å²) < 4.78 is 0. The van der Waals surface area contributed by atoms with E-state index >= 15 is 0 Å². The summed E-state index contributed by atoms with van der Waals surface area (Å²) >= 11 is 1.78. The quantitative estimate of drug-likeness (QED) is 0.688. The lowest BCUT2D eigenvalue weighted by atomic mass is 10.0. The first kappa shape index (κ1) is 11.4. The third kappa shape index (κ3) is 2.16. The molecule has 0 saturated heterocycles. The van der Waals surface area contributed by atoms with Crippen molar-refractivity contribution in [3.8, 4) is 0 Å². The summed E-state index contributed by atoms with van der Waals surface area (Å²) in [5.41, 5.74) is 3.87. The zero-order valence-corrected chi connectivity index (χ0v) is 11.1. The molecule has 0 unspecified atom stereocenters. The van der Waals surface area contributed by atoms with E-state index in [9.17, 15) is 0 Å². The van der Waals surface area contributed by atoms with Crippen molar-refractivity contribution < 1.29 is 0 Å². The van der Waals surface area contributed by atoms with Gasteiger partial charge < -0.3 is 4.98 Å². The highest BCUT2D eigenvalue weighted by Crippen LogP contribution is 2.21. The van der Waals surface area contributed by atoms with E-state index in [0.717, 1.165) is 6.42 Å². The average Bonchev–Trinajstić information content (AvgIpc) is 2.89. The Labute approximate surface area is 111 Å². The number of hydrogen-bond acceptors (Lipinski definition) is 1. The highest BCUT2D eigenvalue weighted by Gasteiger charge is 2.03. The number of thioether (sulfide) groups is 1. The maximum atomic E-state index is 3.20. The van der Waals surface area contributed by atoms with Crippen LogP contribution in [0.3, 0.4) is 0 Å². The Hall–Kier alpha value is -1.67. The van der Waals surface area contributed by atoms with Gasteiger partial charge in [0.15, 0.2) is 0 Å². The lowest BCUT2D eigenvalue weighted by molar-refractivity contribution is 1.19. The molecule has 0 aliphatic rings. The fraction of sp³-hybridized carbons (Fsp3) is 0.125. The average molecular weight is 252 g/mol. The topological polar surface area (TPSA) is 15.8 Å². The molecule has 0 atom stereocenters. The van der Waals surface area contributed by atoms with Crippen LogP contribution < -0.4 is 0 Å². The molecule has 0 aliphatic heterocycles. The van der Waals surface area contributed by atoms with Gasteiger partial charge in [-0.3, -0.25) is 0 Å². The van der Waals surface area contributed by atoms with Gasteiger partial charge in [-0.2, -0.15) is 0 Å². The third-order valence-corrected chi connectivity index (χ3v) is 3.91. The van der Waals surface area contributed by atoms with Crippen LogP contribution in [-0.4, -0.2) is 11.2 Å². The molecular weight excluding hydrogens is 238 g/mol. The molecule has 1 radical (unpaired) electrons. The number of aromatic nitrogens is 1. The molecule has 0 fully saturated rings. The molecule has 1 heterocycles. The van der Waals surface area contributed by atoms with Gasteiger partial charge in [0.2, 0.25) is 0 Å². The minimum Gasteiger partial charge on any atom is -0.353 e. The number of H-pyrrole nitrogens is 1. The van der Waals surface area contributed by atoms with Gasteiger partial charge in [0, 0.05) is 15.8 Å². The maximum absolute atomic E-state index is 3.20. The standard InChI is InChI=1S/C16H14NS/c1-18-15-7-5-12(6-8-15)11-14-4-2-3-13-9-10-17-16(13)14/h2-9,17H,11H2,1H3. The second kappa shape index (κ2) is 4.91. The van der Waals surface area contributed by atoms with Crippen LogP contribution in [0, 0.1) is 6.20 Å². The summed E-state index contributed by atoms with van der Waals surface area (Å²) in [6.45, 7) is 0. The van der Waals surface area contributed by atoms with Gasteiger partial charge in [0.25, 0.3) is 0 Å². The van der Waals surface area contributed by atoms with Crippen molar-refractivity contribution >= 4 is 22.7 Å². The lowest BCUT2D eigenvalue weighted by Crippen LogP contribution is -1.89. The van der Waals surface area contributed by atoms with Crippen molar-refractivity contribution in [1.29, 1.82) is 0 Å². The summed E-state index contributed by atoms with van der Waals surface area (Å²) in [6.07, 6.45) is 6.11. The lowest BCUT2D eigenvalue weighted by Gasteiger charge is -2.05. The van der Waals surface area contributed by atoms with E-state index < -0.39 is 0 Å². The second-order valence-corrected chi connectivity index (χ2v) is 5.20. The Morgan fingerprint density at radius 2 is 1.94 bits per heavy atom. The zero-order chi connectivity index (χ0) is 12.4. The van der Waals surface area contributed by atoms with E-state index in [4.69, 9.17) is 0 Å². The van der Waals surface area contributed by atoms with Crippen LogP contribution >= 0.6 is 11.8 Å². The fourth-order valence-corrected chi connectivity index (χ4v) is 2.60. The van der Waals surface area contributed by atoms with Gasteiger partial charge >= 0.3 is 0 Å². The maximum Gasteiger partial charge on any atom is 0.0630 e. The highest BCUT2D eigenvalue weighted by atomic mass is 32.2. The SMILES string of the molecule is CSc1ccc(Cc2cccc3c[c][nH]c23)cc1. The molecule has 1 aromatic heterocycles. The summed E-state index contributed by atoms with van der Waals surface area (Å²) in [6, 6.07) is 17.2. The monoisotopic (exact) mass is 252 g/mol. The van der Waals surface area contributed by atoms with Crippen molar-refractivity contribution in [2.24, 2.45) is 0 Å². The molecule has 89 valence electrons. The number of benzene rings is 2. The Balaban J connectivity index is 1.93. The third-order valence-electron chi connectivity index (χ3n) is 3.16. The molecule has 1 nitrogen and oxygen atoms in total. The second-order valence-electron chi connectivity index (χ2n) is 4.32. The molecule has 2 aromatic carbocycles. The smallest absolute Gasteiger partial charge is 0.0630 e. The van der Waals surface area contributed by atoms with Gasteiger partial charge in [-0.15, -0.1) is 11.8 Å². The van der Waals surface area contributed by atoms with Crippen molar-refractivity contribution in [2.45, 2.75) is 11.3 Å². The first-order chi connectivity index (χ1) is 8.86. The largest absolute Gasteiger partial charge is 0.353 e. The summed E-state index contributed by atoms with van der Waals surface area (Å²) in [5.74, 6) is 0. The van der Waals surface area contributed by atoms with Crippen LogP contribution in [0.15, 0.2) is 53.4 Å². The molecule has 18 heavy (non-hydrogen) atoms. The predicted molar refractivity (Wildman–Crippen MR) is 78.2 cm³/mol. The molecule has 0 spiro atoms. The first-order valence-electron chi connectivity index (χ1n) is 5.96. The van der Waals surface area contributed by atoms with Gasteiger partial charge in [-0.1, -0.05) is 30.3 Å². The number of aromatic amines is 1. The fourth-order valence-electron chi connectivity index (χ4n) is 2.19. The minimum atomic E-state index is 0.959. The number of nitrogens with one attached hydrogen (secondary N) is 1. The van der Waals surface area contributed by atoms with Gasteiger partial charge in [0.1, 0.15) is 0 Å². The molecule has 2 heteroatoms. The Kier molecular flexibility index (Phi) is 3.11. The minimum absolute atomic E-state index is 0.959. The van der Waals surface area contributed by atoms with Crippen LogP contribution in [0.4, 0.5) is 0 Å². The van der Waals surface area contributed by atoms with Crippen molar-refractivity contribution in [1.82, 2.24) is 4.98 Å². The number of para-hydroxylation sites is 1. The van der Waals surface area contributed by atoms with E-state index in [1.807, 2.05) is 6.07 Å². The summed E-state index contributed by atoms with van der Waals surface area (Å²) in [5, 5.41) is 1.23. The van der Waals surface area contributed by atoms with E-state index in [0.29, 0.717) is 0 Å². The van der Waals surface area contributed by atoms with Gasteiger partial charge in [-0.25, -0.2) is 0 Å². The molecular formula is C16H14NS. The normalized spacial score (nSPS) is 10.9. The molecule has 0 bridgehead atoms. The Bertz CT molecular complexity index is 652. The number of fused-ring (bicyclic) bond motifs is 1. The zero-order valence-electron chi connectivity index (χ0n) is 10.2. The summed E-state index contributed by atoms with van der Waals surface area (Å²) in [4.78, 5) is 4.51. The van der Waals surface area contributed by atoms with Crippen LogP contribution in [-0.2, 0) is 6.42 Å². The number of rotatable bonds is 3. The van der Waals surface area contributed by atoms with Gasteiger partial charge in [0.05, 0.1) is 6.20 Å². The first-order valence-corrected chi connectivity index (χ1v) is 7.19. The Morgan fingerprint density at radius 3 is 2.72 bits per heavy atom. The van der Waals surface area contributed by atoms with E-state index in [1.54, 1.807) is 11.8 Å². The molecule has 0 amide bonds. The van der Waals surface area contributed by atoms with Crippen molar-refractivity contribution in [2.75, 3.05) is 6.26 Å². The molecule has 3 rings (SSSR count). The number of hydrogen-bond donors (Lipinski definition) is 1. The molecule has 0 saturated carbocycles. The predicted octanol–water partition coefficient (Wildman–Crippen LogP) is 4.28.